The molecule has 3 amide bonds. The molecule has 0 bridgehead atoms. The van der Waals surface area contributed by atoms with Crippen LogP contribution < -0.4 is 15.0 Å². The van der Waals surface area contributed by atoms with Crippen molar-refractivity contribution < 1.29 is 19.1 Å². The van der Waals surface area contributed by atoms with Crippen LogP contribution in [0.1, 0.15) is 42.2 Å². The molecule has 2 aliphatic rings. The molecule has 1 fully saturated rings. The summed E-state index contributed by atoms with van der Waals surface area (Å²) in [4.78, 5) is 44.7. The van der Waals surface area contributed by atoms with Crippen molar-refractivity contribution in [1.29, 1.82) is 0 Å². The molecule has 3 aromatic rings. The molecule has 0 saturated carbocycles. The largest absolute Gasteiger partial charge is 0.496 e. The van der Waals surface area contributed by atoms with E-state index in [1.165, 1.54) is 17.7 Å². The number of methoxy groups -OCH3 is 1. The third kappa shape index (κ3) is 4.80. The first-order chi connectivity index (χ1) is 17.9. The van der Waals surface area contributed by atoms with Crippen molar-refractivity contribution in [3.63, 3.8) is 0 Å². The highest BCUT2D eigenvalue weighted by atomic mass is 16.5. The fraction of sp³-hybridized carbons (Fsp3) is 0.276. The van der Waals surface area contributed by atoms with Crippen molar-refractivity contribution in [3.05, 3.63) is 88.5 Å². The maximum absolute atomic E-state index is 13.3. The number of anilines is 2. The smallest absolute Gasteiger partial charge is 0.261 e. The Morgan fingerprint density at radius 3 is 2.22 bits per heavy atom. The third-order valence-electron chi connectivity index (χ3n) is 7.03. The van der Waals surface area contributed by atoms with Gasteiger partial charge in [-0.1, -0.05) is 18.2 Å². The second-order valence-electron chi connectivity index (χ2n) is 9.52. The molecule has 0 spiro atoms. The Labute approximate surface area is 216 Å². The van der Waals surface area contributed by atoms with E-state index in [0.29, 0.717) is 33.7 Å². The molecule has 0 atom stereocenters. The summed E-state index contributed by atoms with van der Waals surface area (Å²) < 4.78 is 5.43. The molecule has 0 aliphatic carbocycles. The van der Waals surface area contributed by atoms with Gasteiger partial charge in [-0.3, -0.25) is 19.3 Å². The Kier molecular flexibility index (Phi) is 6.67. The Morgan fingerprint density at radius 2 is 1.59 bits per heavy atom. The predicted molar refractivity (Wildman–Crippen MR) is 142 cm³/mol. The van der Waals surface area contributed by atoms with E-state index in [4.69, 9.17) is 4.74 Å². The zero-order chi connectivity index (χ0) is 26.1. The van der Waals surface area contributed by atoms with E-state index in [-0.39, 0.29) is 24.3 Å². The molecule has 37 heavy (non-hydrogen) atoms. The van der Waals surface area contributed by atoms with E-state index < -0.39 is 0 Å². The SMILES string of the molecule is COc1ccc(CN2C(=O)c3ccccc3C2=O)cc1C(=O)Nc1ccc(N2CCN(C)CC2)c(C)c1. The van der Waals surface area contributed by atoms with Crippen molar-refractivity contribution in [2.24, 2.45) is 0 Å². The van der Waals surface area contributed by atoms with Crippen LogP contribution in [0.5, 0.6) is 5.75 Å². The zero-order valence-electron chi connectivity index (χ0n) is 21.3. The summed E-state index contributed by atoms with van der Waals surface area (Å²) in [5, 5.41) is 2.97. The summed E-state index contributed by atoms with van der Waals surface area (Å²) >= 11 is 0. The average Bonchev–Trinajstić information content (AvgIpc) is 3.14. The van der Waals surface area contributed by atoms with Crippen LogP contribution in [-0.2, 0) is 6.54 Å². The Morgan fingerprint density at radius 1 is 0.919 bits per heavy atom. The van der Waals surface area contributed by atoms with Crippen molar-refractivity contribution in [2.45, 2.75) is 13.5 Å². The van der Waals surface area contributed by atoms with Gasteiger partial charge in [0.1, 0.15) is 5.75 Å². The second-order valence-corrected chi connectivity index (χ2v) is 9.52. The van der Waals surface area contributed by atoms with Crippen LogP contribution in [0.25, 0.3) is 0 Å². The number of fused-ring (bicyclic) bond motifs is 1. The number of nitrogens with zero attached hydrogens (tertiary/aromatic N) is 3. The van der Waals surface area contributed by atoms with Crippen molar-refractivity contribution in [1.82, 2.24) is 9.80 Å². The molecule has 0 radical (unpaired) electrons. The fourth-order valence-electron chi connectivity index (χ4n) is 4.93. The van der Waals surface area contributed by atoms with Gasteiger partial charge in [0, 0.05) is 37.6 Å². The minimum atomic E-state index is -0.335. The number of benzene rings is 3. The van der Waals surface area contributed by atoms with Crippen LogP contribution in [0.4, 0.5) is 11.4 Å². The molecule has 190 valence electrons. The first-order valence-electron chi connectivity index (χ1n) is 12.3. The van der Waals surface area contributed by atoms with Crippen molar-refractivity contribution >= 4 is 29.1 Å². The summed E-state index contributed by atoms with van der Waals surface area (Å²) in [5.41, 5.74) is 4.73. The molecule has 8 nitrogen and oxygen atoms in total. The van der Waals surface area contributed by atoms with Gasteiger partial charge in [0.25, 0.3) is 17.7 Å². The van der Waals surface area contributed by atoms with E-state index >= 15 is 0 Å². The lowest BCUT2D eigenvalue weighted by Gasteiger charge is -2.35. The molecule has 2 heterocycles. The summed E-state index contributed by atoms with van der Waals surface area (Å²) in [6.07, 6.45) is 0. The van der Waals surface area contributed by atoms with Gasteiger partial charge in [-0.05, 0) is 67.6 Å². The summed E-state index contributed by atoms with van der Waals surface area (Å²) in [5.74, 6) is -0.584. The molecule has 8 heteroatoms. The molecular formula is C29H30N4O4. The molecule has 5 rings (SSSR count). The minimum absolute atomic E-state index is 0.0649. The van der Waals surface area contributed by atoms with Gasteiger partial charge in [-0.15, -0.1) is 0 Å². The highest BCUT2D eigenvalue weighted by Gasteiger charge is 2.35. The van der Waals surface area contributed by atoms with Crippen LogP contribution in [0.2, 0.25) is 0 Å². The number of likely N-dealkylation sites (N-methyl/N-ethyl adjacent to an activating group) is 1. The van der Waals surface area contributed by atoms with Crippen LogP contribution in [0.15, 0.2) is 60.7 Å². The highest BCUT2D eigenvalue weighted by Crippen LogP contribution is 2.28. The van der Waals surface area contributed by atoms with E-state index in [9.17, 15) is 14.4 Å². The molecule has 2 aliphatic heterocycles. The maximum Gasteiger partial charge on any atom is 0.261 e. The maximum atomic E-state index is 13.3. The molecule has 3 aromatic carbocycles. The van der Waals surface area contributed by atoms with Crippen molar-refractivity contribution in [3.8, 4) is 5.75 Å². The topological polar surface area (TPSA) is 82.2 Å². The van der Waals surface area contributed by atoms with Crippen LogP contribution in [0.3, 0.4) is 0 Å². The molecular weight excluding hydrogens is 468 g/mol. The van der Waals surface area contributed by atoms with Gasteiger partial charge in [-0.2, -0.15) is 0 Å². The number of aryl methyl sites for hydroxylation is 1. The van der Waals surface area contributed by atoms with Gasteiger partial charge < -0.3 is 19.9 Å². The zero-order valence-corrected chi connectivity index (χ0v) is 21.3. The number of amides is 3. The molecule has 1 N–H and O–H groups in total. The van der Waals surface area contributed by atoms with E-state index in [1.54, 1.807) is 42.5 Å². The van der Waals surface area contributed by atoms with Gasteiger partial charge >= 0.3 is 0 Å². The summed E-state index contributed by atoms with van der Waals surface area (Å²) in [6, 6.07) is 17.8. The number of nitrogens with one attached hydrogen (secondary N) is 1. The number of rotatable bonds is 6. The number of ether oxygens (including phenoxy) is 1. The van der Waals surface area contributed by atoms with Crippen LogP contribution in [0, 0.1) is 6.92 Å². The molecule has 1 saturated heterocycles. The van der Waals surface area contributed by atoms with Gasteiger partial charge in [-0.25, -0.2) is 0 Å². The van der Waals surface area contributed by atoms with Crippen LogP contribution >= 0.6 is 0 Å². The lowest BCUT2D eigenvalue weighted by atomic mass is 10.1. The second kappa shape index (κ2) is 10.1. The number of hydrogen-bond acceptors (Lipinski definition) is 6. The lowest BCUT2D eigenvalue weighted by molar-refractivity contribution is 0.0642. The minimum Gasteiger partial charge on any atom is -0.496 e. The first-order valence-corrected chi connectivity index (χ1v) is 12.3. The molecule has 0 unspecified atom stereocenters. The summed E-state index contributed by atoms with van der Waals surface area (Å²) in [7, 11) is 3.64. The third-order valence-corrected chi connectivity index (χ3v) is 7.03. The Balaban J connectivity index is 1.33. The Hall–Kier alpha value is -4.17. The number of imide groups is 1. The Bertz CT molecular complexity index is 1340. The normalized spacial score (nSPS) is 15.6. The van der Waals surface area contributed by atoms with Gasteiger partial charge in [0.05, 0.1) is 30.3 Å². The fourth-order valence-corrected chi connectivity index (χ4v) is 4.93. The van der Waals surface area contributed by atoms with Gasteiger partial charge in [0.2, 0.25) is 0 Å². The van der Waals surface area contributed by atoms with E-state index in [1.807, 2.05) is 25.1 Å². The number of hydrogen-bond donors (Lipinski definition) is 1. The van der Waals surface area contributed by atoms with Crippen molar-refractivity contribution in [2.75, 3.05) is 50.6 Å². The predicted octanol–water partition coefficient (Wildman–Crippen LogP) is 3.80. The van der Waals surface area contributed by atoms with Crippen LogP contribution in [-0.4, -0.2) is 67.9 Å². The number of piperazine rings is 1. The molecule has 0 aromatic heterocycles. The quantitative estimate of drug-likeness (QED) is 0.521. The summed E-state index contributed by atoms with van der Waals surface area (Å²) in [6.45, 7) is 6.10. The first kappa shape index (κ1) is 24.5. The van der Waals surface area contributed by atoms with Gasteiger partial charge in [0.15, 0.2) is 0 Å². The standard InChI is InChI=1S/C29H30N4O4/c1-19-16-21(9-10-25(19)32-14-12-31(2)13-15-32)30-27(34)24-17-20(8-11-26(24)37-3)18-33-28(35)22-6-4-5-7-23(22)29(33)36/h4-11,16-17H,12-15,18H2,1-3H3,(H,30,34). The number of carbonyl (C=O) groups excluding carboxylic acids is 3. The highest BCUT2D eigenvalue weighted by molar-refractivity contribution is 6.21. The average molecular weight is 499 g/mol. The number of carbonyl (C=O) groups is 3. The lowest BCUT2D eigenvalue weighted by Crippen LogP contribution is -2.44. The van der Waals surface area contributed by atoms with E-state index in [2.05, 4.69) is 22.2 Å². The van der Waals surface area contributed by atoms with E-state index in [0.717, 1.165) is 31.7 Å². The monoisotopic (exact) mass is 498 g/mol.